The topological polar surface area (TPSA) is 109 Å². The highest BCUT2D eigenvalue weighted by atomic mass is 16.5. The lowest BCUT2D eigenvalue weighted by Crippen LogP contribution is -2.16. The van der Waals surface area contributed by atoms with Crippen molar-refractivity contribution in [3.05, 3.63) is 308 Å². The number of nitrogens with zero attached hydrogens (tertiary/aromatic N) is 9. The first-order valence-corrected chi connectivity index (χ1v) is 34.8. The van der Waals surface area contributed by atoms with Crippen molar-refractivity contribution in [2.24, 2.45) is 0 Å². The van der Waals surface area contributed by atoms with Crippen LogP contribution in [0.25, 0.3) is 165 Å². The van der Waals surface area contributed by atoms with Gasteiger partial charge in [0.15, 0.2) is 11.6 Å². The lowest BCUT2D eigenvalue weighted by molar-refractivity contribution is 0.303. The van der Waals surface area contributed by atoms with Crippen molar-refractivity contribution in [2.45, 2.75) is 25.9 Å². The zero-order chi connectivity index (χ0) is 67.5. The molecule has 20 rings (SSSR count). The fourth-order valence-corrected chi connectivity index (χ4v) is 16.6. The third kappa shape index (κ3) is 9.01. The maximum absolute atomic E-state index is 11.2. The van der Waals surface area contributed by atoms with Gasteiger partial charge in [0.05, 0.1) is 80.6 Å². The summed E-state index contributed by atoms with van der Waals surface area (Å²) in [6.07, 6.45) is 1.58. The number of rotatable bonds is 15. The molecule has 102 heavy (non-hydrogen) atoms. The molecular weight excluding hydrogens is 1250 g/mol. The SMILES string of the molecule is N#Cc1cc(C#N)cc(-c2c(-n3c4ccccc4c4ccccc43)c(-n3c4ccccc4c4cc(OCCCn5c6ccccc6c6ccccc65)ccc43)nc(-n3c4ccccc4c4cc(OCCCn5c6ccccc6c6ccccc65)ccc43)c2-n2c3ccccc3c3ccccc32)c1. The Morgan fingerprint density at radius 1 is 0.275 bits per heavy atom. The molecule has 0 spiro atoms. The summed E-state index contributed by atoms with van der Waals surface area (Å²) >= 11 is 0. The highest BCUT2D eigenvalue weighted by Crippen LogP contribution is 2.50. The van der Waals surface area contributed by atoms with E-state index in [4.69, 9.17) is 14.5 Å². The Balaban J connectivity index is 0.848. The predicted molar refractivity (Wildman–Crippen MR) is 416 cm³/mol. The minimum absolute atomic E-state index is 0.351. The number of pyridine rings is 1. The predicted octanol–water partition coefficient (Wildman–Crippen LogP) is 22.0. The number of aryl methyl sites for hydroxylation is 2. The summed E-state index contributed by atoms with van der Waals surface area (Å²) in [4.78, 5) is 6.46. The van der Waals surface area contributed by atoms with Gasteiger partial charge in [-0.1, -0.05) is 182 Å². The van der Waals surface area contributed by atoms with E-state index in [9.17, 15) is 10.5 Å². The van der Waals surface area contributed by atoms with Crippen LogP contribution in [0, 0.1) is 22.7 Å². The summed E-state index contributed by atoms with van der Waals surface area (Å²) in [7, 11) is 0. The van der Waals surface area contributed by atoms with Crippen molar-refractivity contribution in [2.75, 3.05) is 13.2 Å². The number of hydrogen-bond acceptors (Lipinski definition) is 5. The van der Waals surface area contributed by atoms with Gasteiger partial charge in [-0.25, -0.2) is 4.98 Å². The second-order valence-electron chi connectivity index (χ2n) is 26.4. The number of ether oxygens (including phenoxy) is 2. The molecule has 0 amide bonds. The molecule has 482 valence electrons. The zero-order valence-electron chi connectivity index (χ0n) is 55.4. The van der Waals surface area contributed by atoms with Gasteiger partial charge < -0.3 is 27.7 Å². The summed E-state index contributed by atoms with van der Waals surface area (Å²) in [6, 6.07) is 110. The minimum atomic E-state index is 0.351. The lowest BCUT2D eigenvalue weighted by Gasteiger charge is -2.27. The van der Waals surface area contributed by atoms with Gasteiger partial charge in [-0.05, 0) is 134 Å². The fourth-order valence-electron chi connectivity index (χ4n) is 16.6. The Bertz CT molecular complexity index is 6330. The van der Waals surface area contributed by atoms with E-state index in [0.29, 0.717) is 41.5 Å². The maximum atomic E-state index is 11.2. The van der Waals surface area contributed by atoms with Gasteiger partial charge in [-0.3, -0.25) is 9.13 Å². The molecule has 0 aliphatic carbocycles. The average molecular weight is 1310 g/mol. The van der Waals surface area contributed by atoms with Gasteiger partial charge >= 0.3 is 0 Å². The van der Waals surface area contributed by atoms with Gasteiger partial charge in [-0.2, -0.15) is 10.5 Å². The summed E-state index contributed by atoms with van der Waals surface area (Å²) in [5, 5.41) is 35.7. The van der Waals surface area contributed by atoms with Crippen molar-refractivity contribution < 1.29 is 9.47 Å². The minimum Gasteiger partial charge on any atom is -0.494 e. The smallest absolute Gasteiger partial charge is 0.165 e. The van der Waals surface area contributed by atoms with Crippen molar-refractivity contribution in [3.63, 3.8) is 0 Å². The zero-order valence-corrected chi connectivity index (χ0v) is 55.4. The van der Waals surface area contributed by atoms with Gasteiger partial charge in [0, 0.05) is 105 Å². The van der Waals surface area contributed by atoms with Gasteiger partial charge in [0.25, 0.3) is 0 Å². The molecule has 0 bridgehead atoms. The Labute approximate surface area is 585 Å². The van der Waals surface area contributed by atoms with E-state index in [-0.39, 0.29) is 0 Å². The molecular formula is C91H61N9O2. The van der Waals surface area contributed by atoms with E-state index in [1.807, 2.05) is 12.1 Å². The van der Waals surface area contributed by atoms with Crippen LogP contribution in [-0.4, -0.2) is 45.6 Å². The third-order valence-corrected chi connectivity index (χ3v) is 20.9. The number of hydrogen-bond donors (Lipinski definition) is 0. The summed E-state index contributed by atoms with van der Waals surface area (Å²) in [5.41, 5.74) is 16.0. The van der Waals surface area contributed by atoms with Crippen molar-refractivity contribution in [1.82, 2.24) is 32.4 Å². The van der Waals surface area contributed by atoms with Crippen LogP contribution in [0.1, 0.15) is 24.0 Å². The van der Waals surface area contributed by atoms with Crippen LogP contribution in [0.4, 0.5) is 0 Å². The summed E-state index contributed by atoms with van der Waals surface area (Å²) in [6.45, 7) is 2.59. The van der Waals surface area contributed by atoms with Crippen LogP contribution in [0.15, 0.2) is 297 Å². The van der Waals surface area contributed by atoms with E-state index in [1.54, 1.807) is 6.07 Å². The standard InChI is InChI=1S/C91H61N9O2/c92-56-58-51-59(57-93)53-60(52-58)87-88(97-79-37-15-5-27-67(79)68-28-6-16-38-80(68)97)90(99-83-41-19-9-31-71(83)73-54-61(43-45-85(73)99)101-49-21-47-95-75-33-11-1-23-63(75)64-24-2-12-34-76(64)95)94-91(89(87)98-81-39-17-7-29-69(81)70-30-8-18-40-82(70)98)100-84-42-20-10-32-72(84)74-55-62(44-46-86(74)100)102-50-22-48-96-77-35-13-3-25-65(77)66-26-4-14-36-78(66)96/h1-20,23-46,51-55H,21-22,47-50H2. The first-order valence-electron chi connectivity index (χ1n) is 34.8. The summed E-state index contributed by atoms with van der Waals surface area (Å²) in [5.74, 6) is 2.77. The van der Waals surface area contributed by atoms with Crippen molar-refractivity contribution in [3.8, 4) is 57.8 Å². The molecule has 0 atom stereocenters. The Kier molecular flexibility index (Phi) is 13.5. The highest BCUT2D eigenvalue weighted by molar-refractivity contribution is 6.17. The number of fused-ring (bicyclic) bond motifs is 18. The molecule has 0 radical (unpaired) electrons. The molecule has 11 nitrogen and oxygen atoms in total. The van der Waals surface area contributed by atoms with Crippen molar-refractivity contribution >= 4 is 131 Å². The molecule has 7 heterocycles. The largest absolute Gasteiger partial charge is 0.494 e. The van der Waals surface area contributed by atoms with Gasteiger partial charge in [-0.15, -0.1) is 0 Å². The number of aromatic nitrogens is 7. The molecule has 0 fully saturated rings. The van der Waals surface area contributed by atoms with E-state index in [1.165, 1.54) is 43.6 Å². The van der Waals surface area contributed by atoms with E-state index < -0.39 is 0 Å². The van der Waals surface area contributed by atoms with E-state index in [2.05, 4.69) is 319 Å². The van der Waals surface area contributed by atoms with E-state index in [0.717, 1.165) is 142 Å². The van der Waals surface area contributed by atoms with Crippen LogP contribution >= 0.6 is 0 Å². The molecule has 7 aromatic heterocycles. The number of para-hydroxylation sites is 10. The molecule has 0 saturated heterocycles. The Morgan fingerprint density at radius 3 is 0.853 bits per heavy atom. The third-order valence-electron chi connectivity index (χ3n) is 20.9. The molecule has 20 aromatic rings. The molecule has 0 unspecified atom stereocenters. The Morgan fingerprint density at radius 2 is 0.539 bits per heavy atom. The molecule has 0 saturated carbocycles. The van der Waals surface area contributed by atoms with Crippen LogP contribution in [0.3, 0.4) is 0 Å². The highest BCUT2D eigenvalue weighted by Gasteiger charge is 2.33. The first-order chi connectivity index (χ1) is 50.6. The first kappa shape index (κ1) is 58.5. The average Bonchev–Trinajstić information content (AvgIpc) is 1.48. The van der Waals surface area contributed by atoms with E-state index >= 15 is 0 Å². The van der Waals surface area contributed by atoms with Gasteiger partial charge in [0.2, 0.25) is 0 Å². The second kappa shape index (κ2) is 23.6. The van der Waals surface area contributed by atoms with Gasteiger partial charge in [0.1, 0.15) is 22.9 Å². The van der Waals surface area contributed by atoms with Crippen molar-refractivity contribution in [1.29, 1.82) is 10.5 Å². The normalized spacial score (nSPS) is 11.9. The molecule has 0 N–H and O–H groups in total. The van der Waals surface area contributed by atoms with Crippen LogP contribution in [-0.2, 0) is 13.1 Å². The molecule has 0 aliphatic heterocycles. The van der Waals surface area contributed by atoms with Crippen LogP contribution in [0.5, 0.6) is 11.5 Å². The maximum Gasteiger partial charge on any atom is 0.165 e. The van der Waals surface area contributed by atoms with Crippen LogP contribution in [0.2, 0.25) is 0 Å². The monoisotopic (exact) mass is 1310 g/mol. The second-order valence-corrected chi connectivity index (χ2v) is 26.4. The number of nitriles is 2. The molecule has 11 heteroatoms. The number of benzene rings is 13. The quantitative estimate of drug-likeness (QED) is 0.0950. The molecule has 0 aliphatic rings. The molecule has 13 aromatic carbocycles. The summed E-state index contributed by atoms with van der Waals surface area (Å²) < 4.78 is 27.9. The van der Waals surface area contributed by atoms with Crippen LogP contribution < -0.4 is 9.47 Å². The fraction of sp³-hybridized carbons (Fsp3) is 0.0659. The Hall–Kier alpha value is -13.6. The lowest BCUT2D eigenvalue weighted by atomic mass is 9.96.